The van der Waals surface area contributed by atoms with Crippen LogP contribution in [0, 0.1) is 0 Å². The molecule has 5 nitrogen and oxygen atoms in total. The van der Waals surface area contributed by atoms with Crippen LogP contribution >= 0.6 is 0 Å². The van der Waals surface area contributed by atoms with Crippen LogP contribution in [0.1, 0.15) is 0 Å². The van der Waals surface area contributed by atoms with E-state index in [1.807, 2.05) is 0 Å². The normalized spacial score (nSPS) is 0. The molecule has 9 heavy (non-hydrogen) atoms. The van der Waals surface area contributed by atoms with Crippen molar-refractivity contribution in [2.75, 3.05) is 0 Å². The Morgan fingerprint density at radius 2 is 0.333 bits per heavy atom. The van der Waals surface area contributed by atoms with Crippen LogP contribution in [0.2, 0.25) is 0 Å². The minimum absolute atomic E-state index is 0. The SMILES string of the molecule is O.O.O.O.O.[Al+3].[Cl-].[Cl-].[Cl-]. The molecule has 9 heteroatoms. The topological polar surface area (TPSA) is 158 Å². The Labute approximate surface area is 82.1 Å². The molecule has 0 rings (SSSR count). The predicted molar refractivity (Wildman–Crippen MR) is 23.8 cm³/mol. The van der Waals surface area contributed by atoms with Crippen molar-refractivity contribution in [3.8, 4) is 0 Å². The van der Waals surface area contributed by atoms with Crippen molar-refractivity contribution in [1.29, 1.82) is 0 Å². The standard InChI is InChI=1S/Al.3ClH.5H2O/h;3*1H;5*1H2/q+3;;;;;;;;/p-3. The molecule has 0 heterocycles. The molecule has 0 aliphatic heterocycles. The fourth-order valence-electron chi connectivity index (χ4n) is 0. The van der Waals surface area contributed by atoms with E-state index in [9.17, 15) is 0 Å². The monoisotopic (exact) mass is 222 g/mol. The first-order valence-electron chi connectivity index (χ1n) is 0. The summed E-state index contributed by atoms with van der Waals surface area (Å²) in [6, 6.07) is 0. The molecule has 0 saturated heterocycles. The minimum atomic E-state index is 0. The van der Waals surface area contributed by atoms with Gasteiger partial charge in [0.2, 0.25) is 0 Å². The van der Waals surface area contributed by atoms with Gasteiger partial charge >= 0.3 is 17.4 Å². The van der Waals surface area contributed by atoms with E-state index in [1.54, 1.807) is 0 Å². The van der Waals surface area contributed by atoms with Crippen molar-refractivity contribution in [2.45, 2.75) is 0 Å². The molecule has 0 spiro atoms. The zero-order valence-electron chi connectivity index (χ0n) is 4.21. The maximum atomic E-state index is 0. The van der Waals surface area contributed by atoms with Crippen LogP contribution in [0.4, 0.5) is 0 Å². The van der Waals surface area contributed by atoms with Gasteiger partial charge in [-0.3, -0.25) is 0 Å². The second kappa shape index (κ2) is 428. The van der Waals surface area contributed by atoms with E-state index in [1.165, 1.54) is 0 Å². The third-order valence-electron chi connectivity index (χ3n) is 0. The molecule has 0 amide bonds. The van der Waals surface area contributed by atoms with Crippen LogP contribution in [0.5, 0.6) is 0 Å². The van der Waals surface area contributed by atoms with Crippen LogP contribution in [0.3, 0.4) is 0 Å². The molecular formula is H10AlCl3O5. The van der Waals surface area contributed by atoms with E-state index in [0.717, 1.165) is 0 Å². The predicted octanol–water partition coefficient (Wildman–Crippen LogP) is -13.5. The Morgan fingerprint density at radius 1 is 0.333 bits per heavy atom. The molecule has 0 aromatic heterocycles. The number of halogens is 3. The van der Waals surface area contributed by atoms with Gasteiger partial charge in [-0.2, -0.15) is 0 Å². The molecule has 0 unspecified atom stereocenters. The van der Waals surface area contributed by atoms with Gasteiger partial charge in [0.25, 0.3) is 0 Å². The zero-order chi connectivity index (χ0) is 0. The van der Waals surface area contributed by atoms with Crippen molar-refractivity contribution in [2.24, 2.45) is 0 Å². The van der Waals surface area contributed by atoms with Gasteiger partial charge in [0.15, 0.2) is 0 Å². The second-order valence-electron chi connectivity index (χ2n) is 0. The van der Waals surface area contributed by atoms with Crippen LogP contribution in [-0.2, 0) is 0 Å². The molecule has 0 aromatic carbocycles. The number of hydrogen-bond donors (Lipinski definition) is 0. The summed E-state index contributed by atoms with van der Waals surface area (Å²) in [5, 5.41) is 0. The van der Waals surface area contributed by atoms with E-state index >= 15 is 0 Å². The van der Waals surface area contributed by atoms with Gasteiger partial charge in [-0.15, -0.1) is 0 Å². The van der Waals surface area contributed by atoms with Gasteiger partial charge in [0.1, 0.15) is 0 Å². The van der Waals surface area contributed by atoms with Crippen molar-refractivity contribution in [1.82, 2.24) is 0 Å². The fraction of sp³-hybridized carbons (Fsp3) is 0. The number of hydrogen-bond acceptors (Lipinski definition) is 0. The Kier molecular flexibility index (Phi) is 28400. The quantitative estimate of drug-likeness (QED) is 0.357. The first-order chi connectivity index (χ1) is 0. The van der Waals surface area contributed by atoms with Crippen molar-refractivity contribution >= 4 is 17.4 Å². The molecule has 0 fully saturated rings. The van der Waals surface area contributed by atoms with Crippen LogP contribution in [0.15, 0.2) is 0 Å². The Hall–Kier alpha value is 1.20. The summed E-state index contributed by atoms with van der Waals surface area (Å²) in [6.07, 6.45) is 0. The average molecular weight is 223 g/mol. The maximum absolute atomic E-state index is 0. The van der Waals surface area contributed by atoms with Crippen LogP contribution in [-0.4, -0.2) is 44.7 Å². The maximum Gasteiger partial charge on any atom is 3.00 e. The number of rotatable bonds is 0. The van der Waals surface area contributed by atoms with Crippen molar-refractivity contribution in [3.63, 3.8) is 0 Å². The van der Waals surface area contributed by atoms with Gasteiger partial charge < -0.3 is 64.6 Å². The Morgan fingerprint density at radius 3 is 0.333 bits per heavy atom. The smallest absolute Gasteiger partial charge is 1.00 e. The largest absolute Gasteiger partial charge is 3.00 e. The molecule has 0 aromatic rings. The first-order valence-corrected chi connectivity index (χ1v) is 0. The van der Waals surface area contributed by atoms with E-state index in [0.29, 0.717) is 0 Å². The van der Waals surface area contributed by atoms with Crippen LogP contribution < -0.4 is 37.2 Å². The molecule has 10 N–H and O–H groups in total. The molecule has 0 bridgehead atoms. The van der Waals surface area contributed by atoms with Crippen molar-refractivity contribution < 1.29 is 64.6 Å². The Bertz CT molecular complexity index is 12.2. The van der Waals surface area contributed by atoms with E-state index < -0.39 is 0 Å². The van der Waals surface area contributed by atoms with Gasteiger partial charge in [0.05, 0.1) is 0 Å². The van der Waals surface area contributed by atoms with E-state index in [-0.39, 0.29) is 82.0 Å². The second-order valence-corrected chi connectivity index (χ2v) is 0. The third kappa shape index (κ3) is 330. The summed E-state index contributed by atoms with van der Waals surface area (Å²) >= 11 is 0. The summed E-state index contributed by atoms with van der Waals surface area (Å²) in [5.74, 6) is 0. The zero-order valence-corrected chi connectivity index (χ0v) is 7.63. The van der Waals surface area contributed by atoms with Gasteiger partial charge in [-0.25, -0.2) is 0 Å². The first kappa shape index (κ1) is 598. The fourth-order valence-corrected chi connectivity index (χ4v) is 0. The van der Waals surface area contributed by atoms with Crippen LogP contribution in [0.25, 0.3) is 0 Å². The molecule has 0 aliphatic rings. The van der Waals surface area contributed by atoms with Gasteiger partial charge in [-0.1, -0.05) is 0 Å². The third-order valence-corrected chi connectivity index (χ3v) is 0. The molecule has 0 saturated carbocycles. The Balaban J connectivity index is 0. The molecule has 0 aliphatic carbocycles. The molecule has 64 valence electrons. The molecule has 0 atom stereocenters. The van der Waals surface area contributed by atoms with E-state index in [4.69, 9.17) is 0 Å². The minimum Gasteiger partial charge on any atom is -1.00 e. The average Bonchev–Trinajstić information content (AvgIpc) is 0. The summed E-state index contributed by atoms with van der Waals surface area (Å²) < 4.78 is 0. The summed E-state index contributed by atoms with van der Waals surface area (Å²) in [4.78, 5) is 0. The summed E-state index contributed by atoms with van der Waals surface area (Å²) in [7, 11) is 0. The van der Waals surface area contributed by atoms with Gasteiger partial charge in [-0.05, 0) is 0 Å². The van der Waals surface area contributed by atoms with Crippen molar-refractivity contribution in [3.05, 3.63) is 0 Å². The summed E-state index contributed by atoms with van der Waals surface area (Å²) in [6.45, 7) is 0. The van der Waals surface area contributed by atoms with E-state index in [2.05, 4.69) is 0 Å². The summed E-state index contributed by atoms with van der Waals surface area (Å²) in [5.41, 5.74) is 0. The molecule has 0 radical (unpaired) electrons. The van der Waals surface area contributed by atoms with Gasteiger partial charge in [0, 0.05) is 0 Å². The molecular weight excluding hydrogens is 213 g/mol.